The van der Waals surface area contributed by atoms with Gasteiger partial charge in [0.15, 0.2) is 5.82 Å². The Bertz CT molecular complexity index is 247. The molecular weight excluding hydrogens is 161 g/mol. The van der Waals surface area contributed by atoms with Crippen LogP contribution in [0.1, 0.15) is 0 Å². The van der Waals surface area contributed by atoms with Crippen LogP contribution >= 0.6 is 23.8 Å². The number of aromatic nitrogens is 1. The Morgan fingerprint density at radius 2 is 2.22 bits per heavy atom. The summed E-state index contributed by atoms with van der Waals surface area (Å²) >= 11 is 10.0. The fourth-order valence-corrected chi connectivity index (χ4v) is 0.704. The van der Waals surface area contributed by atoms with E-state index in [1.165, 1.54) is 6.20 Å². The zero-order chi connectivity index (χ0) is 6.85. The first-order valence-corrected chi connectivity index (χ1v) is 3.02. The molecular formula is C5H3ClFNS. The lowest BCUT2D eigenvalue weighted by Crippen LogP contribution is -1.78. The van der Waals surface area contributed by atoms with Crippen molar-refractivity contribution in [1.29, 1.82) is 0 Å². The van der Waals surface area contributed by atoms with Crippen LogP contribution in [0.25, 0.3) is 0 Å². The van der Waals surface area contributed by atoms with E-state index < -0.39 is 5.82 Å². The fourth-order valence-electron chi connectivity index (χ4n) is 0.433. The van der Waals surface area contributed by atoms with Gasteiger partial charge in [-0.2, -0.15) is 0 Å². The number of halogens is 2. The van der Waals surface area contributed by atoms with Crippen LogP contribution in [0.4, 0.5) is 4.39 Å². The molecule has 0 aliphatic heterocycles. The molecule has 0 radical (unpaired) electrons. The standard InChI is InChI=1S/C5H3ClFNS/c6-3-1-8-2-4(7)5(3)9/h1-2H,(H,8,9). The van der Waals surface area contributed by atoms with E-state index in [1.54, 1.807) is 0 Å². The summed E-state index contributed by atoms with van der Waals surface area (Å²) < 4.78 is 12.4. The molecule has 0 bridgehead atoms. The summed E-state index contributed by atoms with van der Waals surface area (Å²) in [6.45, 7) is 0. The second kappa shape index (κ2) is 2.45. The monoisotopic (exact) mass is 163 g/mol. The van der Waals surface area contributed by atoms with E-state index in [0.717, 1.165) is 6.20 Å². The Labute approximate surface area is 61.5 Å². The van der Waals surface area contributed by atoms with Crippen molar-refractivity contribution in [3.05, 3.63) is 27.7 Å². The minimum atomic E-state index is -0.488. The maximum atomic E-state index is 12.4. The first kappa shape index (κ1) is 6.71. The highest BCUT2D eigenvalue weighted by Gasteiger charge is 1.94. The van der Waals surface area contributed by atoms with E-state index in [1.807, 2.05) is 0 Å². The first-order valence-electron chi connectivity index (χ1n) is 2.24. The highest BCUT2D eigenvalue weighted by Crippen LogP contribution is 2.10. The van der Waals surface area contributed by atoms with Crippen LogP contribution in [0.2, 0.25) is 5.02 Å². The van der Waals surface area contributed by atoms with Gasteiger partial charge in [0.1, 0.15) is 0 Å². The maximum Gasteiger partial charge on any atom is 0.158 e. The number of hydrogen-bond acceptors (Lipinski definition) is 1. The molecule has 1 aromatic rings. The first-order chi connectivity index (χ1) is 4.22. The smallest absolute Gasteiger partial charge is 0.158 e. The molecule has 0 aliphatic carbocycles. The lowest BCUT2D eigenvalue weighted by molar-refractivity contribution is 0.617. The highest BCUT2D eigenvalue weighted by molar-refractivity contribution is 7.71. The molecule has 0 atom stereocenters. The molecule has 0 fully saturated rings. The second-order valence-corrected chi connectivity index (χ2v) is 2.30. The van der Waals surface area contributed by atoms with Gasteiger partial charge in [-0.3, -0.25) is 0 Å². The van der Waals surface area contributed by atoms with Gasteiger partial charge < -0.3 is 4.98 Å². The molecule has 0 unspecified atom stereocenters. The van der Waals surface area contributed by atoms with Crippen molar-refractivity contribution in [2.24, 2.45) is 0 Å². The minimum absolute atomic E-state index is 0.0652. The van der Waals surface area contributed by atoms with Gasteiger partial charge in [-0.05, 0) is 0 Å². The van der Waals surface area contributed by atoms with Crippen molar-refractivity contribution in [1.82, 2.24) is 4.98 Å². The molecule has 1 N–H and O–H groups in total. The molecule has 0 amide bonds. The third kappa shape index (κ3) is 1.28. The Hall–Kier alpha value is -0.410. The summed E-state index contributed by atoms with van der Waals surface area (Å²) in [4.78, 5) is 2.50. The van der Waals surface area contributed by atoms with Gasteiger partial charge in [0.2, 0.25) is 0 Å². The lowest BCUT2D eigenvalue weighted by atomic mass is 10.5. The molecule has 1 heterocycles. The van der Waals surface area contributed by atoms with Crippen LogP contribution in [0.5, 0.6) is 0 Å². The van der Waals surface area contributed by atoms with Crippen molar-refractivity contribution >= 4 is 23.8 Å². The van der Waals surface area contributed by atoms with Gasteiger partial charge in [-0.25, -0.2) is 4.39 Å². The molecule has 0 saturated carbocycles. The van der Waals surface area contributed by atoms with Crippen LogP contribution in [0.3, 0.4) is 0 Å². The third-order valence-corrected chi connectivity index (χ3v) is 1.68. The van der Waals surface area contributed by atoms with E-state index in [0.29, 0.717) is 0 Å². The zero-order valence-corrected chi connectivity index (χ0v) is 5.89. The van der Waals surface area contributed by atoms with Crippen LogP contribution < -0.4 is 0 Å². The van der Waals surface area contributed by atoms with Crippen LogP contribution in [-0.2, 0) is 0 Å². The topological polar surface area (TPSA) is 15.8 Å². The molecule has 0 saturated heterocycles. The number of H-pyrrole nitrogens is 1. The third-order valence-electron chi connectivity index (χ3n) is 0.854. The predicted octanol–water partition coefficient (Wildman–Crippen LogP) is 2.54. The lowest BCUT2D eigenvalue weighted by Gasteiger charge is -1.88. The Balaban J connectivity index is 3.43. The maximum absolute atomic E-state index is 12.4. The van der Waals surface area contributed by atoms with E-state index >= 15 is 0 Å². The Morgan fingerprint density at radius 3 is 2.67 bits per heavy atom. The van der Waals surface area contributed by atoms with E-state index in [-0.39, 0.29) is 9.53 Å². The molecule has 9 heavy (non-hydrogen) atoms. The number of aromatic amines is 1. The van der Waals surface area contributed by atoms with Gasteiger partial charge in [-0.15, -0.1) is 0 Å². The van der Waals surface area contributed by atoms with Gasteiger partial charge in [0, 0.05) is 12.4 Å². The predicted molar refractivity (Wildman–Crippen MR) is 36.6 cm³/mol. The molecule has 1 nitrogen and oxygen atoms in total. The van der Waals surface area contributed by atoms with Crippen LogP contribution in [0.15, 0.2) is 12.4 Å². The summed E-state index contributed by atoms with van der Waals surface area (Å²) in [5, 5.41) is 0.241. The molecule has 4 heteroatoms. The normalized spacial score (nSPS) is 9.56. The summed E-state index contributed by atoms with van der Waals surface area (Å²) in [5.74, 6) is -0.488. The van der Waals surface area contributed by atoms with E-state index in [4.69, 9.17) is 11.6 Å². The number of pyridine rings is 1. The van der Waals surface area contributed by atoms with Crippen LogP contribution in [0, 0.1) is 10.3 Å². The summed E-state index contributed by atoms with van der Waals surface area (Å²) in [6, 6.07) is 0. The van der Waals surface area contributed by atoms with Gasteiger partial charge in [0.05, 0.1) is 9.53 Å². The average Bonchev–Trinajstić information content (AvgIpc) is 1.83. The Morgan fingerprint density at radius 1 is 1.56 bits per heavy atom. The van der Waals surface area contributed by atoms with Crippen molar-refractivity contribution in [3.63, 3.8) is 0 Å². The zero-order valence-electron chi connectivity index (χ0n) is 4.32. The van der Waals surface area contributed by atoms with Crippen molar-refractivity contribution in [3.8, 4) is 0 Å². The molecule has 0 aliphatic rings. The second-order valence-electron chi connectivity index (χ2n) is 1.48. The summed E-state index contributed by atoms with van der Waals surface area (Å²) in [5.41, 5.74) is 0. The average molecular weight is 164 g/mol. The summed E-state index contributed by atoms with van der Waals surface area (Å²) in [6.07, 6.45) is 2.60. The van der Waals surface area contributed by atoms with Gasteiger partial charge in [0.25, 0.3) is 0 Å². The molecule has 0 aromatic carbocycles. The molecule has 1 rings (SSSR count). The SMILES string of the molecule is Fc1c[nH]cc(Cl)c1=S. The van der Waals surface area contributed by atoms with Gasteiger partial charge in [-0.1, -0.05) is 23.8 Å². The fraction of sp³-hybridized carbons (Fsp3) is 0. The minimum Gasteiger partial charge on any atom is -0.364 e. The summed E-state index contributed by atoms with van der Waals surface area (Å²) in [7, 11) is 0. The van der Waals surface area contributed by atoms with E-state index in [9.17, 15) is 4.39 Å². The van der Waals surface area contributed by atoms with Crippen molar-refractivity contribution < 1.29 is 4.39 Å². The van der Waals surface area contributed by atoms with E-state index in [2.05, 4.69) is 17.2 Å². The largest absolute Gasteiger partial charge is 0.364 e. The quantitative estimate of drug-likeness (QED) is 0.582. The Kier molecular flexibility index (Phi) is 1.83. The molecule has 48 valence electrons. The number of nitrogens with one attached hydrogen (secondary N) is 1. The number of rotatable bonds is 0. The number of hydrogen-bond donors (Lipinski definition) is 1. The van der Waals surface area contributed by atoms with Crippen molar-refractivity contribution in [2.45, 2.75) is 0 Å². The highest BCUT2D eigenvalue weighted by atomic mass is 35.5. The van der Waals surface area contributed by atoms with Crippen LogP contribution in [-0.4, -0.2) is 4.98 Å². The molecule has 1 aromatic heterocycles. The van der Waals surface area contributed by atoms with Crippen molar-refractivity contribution in [2.75, 3.05) is 0 Å². The van der Waals surface area contributed by atoms with Gasteiger partial charge >= 0.3 is 0 Å². The molecule has 0 spiro atoms.